The van der Waals surface area contributed by atoms with Crippen LogP contribution in [0.4, 0.5) is 4.79 Å². The number of amides is 1. The average Bonchev–Trinajstić information content (AvgIpc) is 2.50. The molecule has 0 unspecified atom stereocenters. The monoisotopic (exact) mass is 279 g/mol. The summed E-state index contributed by atoms with van der Waals surface area (Å²) in [6, 6.07) is 9.27. The molecule has 1 saturated heterocycles. The van der Waals surface area contributed by atoms with E-state index in [0.29, 0.717) is 6.42 Å². The molecule has 0 spiro atoms. The van der Waals surface area contributed by atoms with E-state index >= 15 is 0 Å². The van der Waals surface area contributed by atoms with Crippen LogP contribution in [0.2, 0.25) is 0 Å². The van der Waals surface area contributed by atoms with Gasteiger partial charge in [0.1, 0.15) is 6.54 Å². The Kier molecular flexibility index (Phi) is 3.43. The second kappa shape index (κ2) is 4.79. The van der Waals surface area contributed by atoms with Crippen molar-refractivity contribution in [3.05, 3.63) is 35.9 Å². The van der Waals surface area contributed by atoms with Crippen molar-refractivity contribution in [2.45, 2.75) is 31.6 Å². The molecule has 0 aromatic heterocycles. The van der Waals surface area contributed by atoms with Gasteiger partial charge in [0.25, 0.3) is 0 Å². The van der Waals surface area contributed by atoms with Crippen molar-refractivity contribution in [3.63, 3.8) is 0 Å². The molecule has 0 saturated carbocycles. The van der Waals surface area contributed by atoms with Gasteiger partial charge in [0.05, 0.1) is 0 Å². The lowest BCUT2D eigenvalue weighted by atomic mass is 9.87. The van der Waals surface area contributed by atoms with Gasteiger partial charge in [-0.1, -0.05) is 30.3 Å². The highest BCUT2D eigenvalue weighted by atomic mass is 16.6. The molecule has 0 aliphatic carbocycles. The van der Waals surface area contributed by atoms with Gasteiger partial charge in [0, 0.05) is 6.42 Å². The van der Waals surface area contributed by atoms with Crippen LogP contribution in [0.15, 0.2) is 30.3 Å². The molecular weight excluding hydrogens is 262 g/mol. The molecule has 0 bridgehead atoms. The molecule has 1 heterocycles. The Morgan fingerprint density at radius 1 is 1.30 bits per heavy atom. The smallest absolute Gasteiger partial charge is 0.413 e. The first-order chi connectivity index (χ1) is 9.26. The largest absolute Gasteiger partial charge is 0.480 e. The number of hydrogen-bond donors (Lipinski definition) is 2. The molecule has 1 aliphatic heterocycles. The lowest BCUT2D eigenvalue weighted by Crippen LogP contribution is -2.57. The quantitative estimate of drug-likeness (QED) is 0.865. The lowest BCUT2D eigenvalue weighted by Gasteiger charge is -2.36. The minimum Gasteiger partial charge on any atom is -0.480 e. The number of ether oxygens (including phenoxy) is 1. The summed E-state index contributed by atoms with van der Waals surface area (Å²) in [5.41, 5.74) is -2.01. The molecule has 2 atom stereocenters. The fraction of sp³-hybridized carbons (Fsp3) is 0.429. The van der Waals surface area contributed by atoms with Gasteiger partial charge in [-0.3, -0.25) is 9.69 Å². The zero-order chi connectivity index (χ0) is 15.0. The predicted molar refractivity (Wildman–Crippen MR) is 70.0 cm³/mol. The van der Waals surface area contributed by atoms with Gasteiger partial charge in [-0.25, -0.2) is 4.79 Å². The summed E-state index contributed by atoms with van der Waals surface area (Å²) in [6.07, 6.45) is -0.529. The first kappa shape index (κ1) is 14.3. The van der Waals surface area contributed by atoms with E-state index in [9.17, 15) is 14.7 Å². The van der Waals surface area contributed by atoms with Crippen molar-refractivity contribution in [1.82, 2.24) is 4.90 Å². The van der Waals surface area contributed by atoms with Crippen LogP contribution in [0, 0.1) is 0 Å². The van der Waals surface area contributed by atoms with Gasteiger partial charge in [-0.15, -0.1) is 0 Å². The number of hydrogen-bond acceptors (Lipinski definition) is 4. The number of benzene rings is 1. The Bertz CT molecular complexity index is 528. The Morgan fingerprint density at radius 2 is 1.90 bits per heavy atom. The molecule has 6 heteroatoms. The maximum atomic E-state index is 11.8. The third-order valence-corrected chi connectivity index (χ3v) is 3.74. The molecule has 6 nitrogen and oxygen atoms in total. The Balaban J connectivity index is 2.28. The van der Waals surface area contributed by atoms with Gasteiger partial charge in [-0.2, -0.15) is 0 Å². The highest BCUT2D eigenvalue weighted by Crippen LogP contribution is 2.39. The summed E-state index contributed by atoms with van der Waals surface area (Å²) in [5.74, 6) is -1.20. The van der Waals surface area contributed by atoms with Crippen LogP contribution in [-0.2, 0) is 16.0 Å². The molecule has 1 amide bonds. The number of cyclic esters (lactones) is 1. The molecule has 108 valence electrons. The number of aliphatic carboxylic acids is 1. The number of aliphatic hydroxyl groups is 1. The zero-order valence-electron chi connectivity index (χ0n) is 11.4. The molecule has 0 radical (unpaired) electrons. The SMILES string of the molecule is C[C@]1(Cc2ccccc2)OC(=O)N(CC(=O)O)[C@]1(C)O. The summed E-state index contributed by atoms with van der Waals surface area (Å²) in [7, 11) is 0. The standard InChI is InChI=1S/C14H17NO5/c1-13(8-10-6-4-3-5-7-10)14(2,19)15(9-11(16)17)12(18)20-13/h3-7,19H,8-9H2,1-2H3,(H,16,17)/t13-,14-/m1/s1. The minimum absolute atomic E-state index is 0.294. The van der Waals surface area contributed by atoms with Gasteiger partial charge >= 0.3 is 12.1 Å². The molecule has 1 aromatic rings. The van der Waals surface area contributed by atoms with E-state index in [1.54, 1.807) is 6.92 Å². The van der Waals surface area contributed by atoms with E-state index in [1.807, 2.05) is 30.3 Å². The highest BCUT2D eigenvalue weighted by Gasteiger charge is 2.59. The summed E-state index contributed by atoms with van der Waals surface area (Å²) in [5, 5.41) is 19.4. The second-order valence-electron chi connectivity index (χ2n) is 5.26. The van der Waals surface area contributed by atoms with Crippen LogP contribution < -0.4 is 0 Å². The van der Waals surface area contributed by atoms with Gasteiger partial charge < -0.3 is 14.9 Å². The molecule has 2 rings (SSSR count). The normalized spacial score (nSPS) is 29.4. The van der Waals surface area contributed by atoms with Crippen LogP contribution in [0.25, 0.3) is 0 Å². The summed E-state index contributed by atoms with van der Waals surface area (Å²) in [6.45, 7) is 2.39. The number of carboxylic acids is 1. The van der Waals surface area contributed by atoms with Crippen LogP contribution in [0.5, 0.6) is 0 Å². The lowest BCUT2D eigenvalue weighted by molar-refractivity contribution is -0.153. The fourth-order valence-electron chi connectivity index (χ4n) is 2.35. The number of carbonyl (C=O) groups excluding carboxylic acids is 1. The van der Waals surface area contributed by atoms with Gasteiger partial charge in [0.2, 0.25) is 0 Å². The van der Waals surface area contributed by atoms with E-state index in [1.165, 1.54) is 6.92 Å². The zero-order valence-corrected chi connectivity index (χ0v) is 11.4. The number of rotatable bonds is 4. The van der Waals surface area contributed by atoms with E-state index in [4.69, 9.17) is 9.84 Å². The maximum absolute atomic E-state index is 11.8. The van der Waals surface area contributed by atoms with Crippen molar-refractivity contribution in [2.75, 3.05) is 6.54 Å². The Morgan fingerprint density at radius 3 is 2.45 bits per heavy atom. The van der Waals surface area contributed by atoms with Crippen molar-refractivity contribution < 1.29 is 24.5 Å². The number of carboxylic acid groups (broad SMARTS) is 1. The summed E-state index contributed by atoms with van der Waals surface area (Å²) >= 11 is 0. The molecular formula is C14H17NO5. The van der Waals surface area contributed by atoms with E-state index in [-0.39, 0.29) is 0 Å². The second-order valence-corrected chi connectivity index (χ2v) is 5.26. The topological polar surface area (TPSA) is 87.1 Å². The van der Waals surface area contributed by atoms with E-state index in [0.717, 1.165) is 10.5 Å². The van der Waals surface area contributed by atoms with Crippen LogP contribution >= 0.6 is 0 Å². The molecule has 2 N–H and O–H groups in total. The third kappa shape index (κ3) is 2.34. The van der Waals surface area contributed by atoms with Crippen molar-refractivity contribution in [3.8, 4) is 0 Å². The minimum atomic E-state index is -1.70. The maximum Gasteiger partial charge on any atom is 0.413 e. The van der Waals surface area contributed by atoms with Crippen LogP contribution in [-0.4, -0.2) is 45.0 Å². The molecule has 1 fully saturated rings. The third-order valence-electron chi connectivity index (χ3n) is 3.74. The molecule has 1 aromatic carbocycles. The molecule has 20 heavy (non-hydrogen) atoms. The predicted octanol–water partition coefficient (Wildman–Crippen LogP) is 1.23. The van der Waals surface area contributed by atoms with Gasteiger partial charge in [-0.05, 0) is 19.4 Å². The van der Waals surface area contributed by atoms with Crippen LogP contribution in [0.3, 0.4) is 0 Å². The summed E-state index contributed by atoms with van der Waals surface area (Å²) in [4.78, 5) is 23.4. The van der Waals surface area contributed by atoms with Crippen molar-refractivity contribution in [1.29, 1.82) is 0 Å². The van der Waals surface area contributed by atoms with E-state index in [2.05, 4.69) is 0 Å². The molecule has 1 aliphatic rings. The fourth-order valence-corrected chi connectivity index (χ4v) is 2.35. The first-order valence-corrected chi connectivity index (χ1v) is 6.25. The highest BCUT2D eigenvalue weighted by molar-refractivity contribution is 5.79. The first-order valence-electron chi connectivity index (χ1n) is 6.25. The number of nitrogens with zero attached hydrogens (tertiary/aromatic N) is 1. The summed E-state index contributed by atoms with van der Waals surface area (Å²) < 4.78 is 5.26. The average molecular weight is 279 g/mol. The Hall–Kier alpha value is -2.08. The van der Waals surface area contributed by atoms with Crippen LogP contribution in [0.1, 0.15) is 19.4 Å². The van der Waals surface area contributed by atoms with Crippen molar-refractivity contribution >= 4 is 12.1 Å². The van der Waals surface area contributed by atoms with E-state index < -0.39 is 29.9 Å². The number of carbonyl (C=O) groups is 2. The Labute approximate surface area is 116 Å². The van der Waals surface area contributed by atoms with Crippen molar-refractivity contribution in [2.24, 2.45) is 0 Å². The van der Waals surface area contributed by atoms with Gasteiger partial charge in [0.15, 0.2) is 11.3 Å².